The molecule has 0 radical (unpaired) electrons. The van der Waals surface area contributed by atoms with Crippen molar-refractivity contribution in [2.45, 2.75) is 24.7 Å². The Hall–Kier alpha value is -2.57. The molecule has 0 aliphatic heterocycles. The SMILES string of the molecule is C=CCn1c(SC[C@@H](O)COc2cccc(C)c2)nc2ccccc2c1=O. The minimum atomic E-state index is -0.684. The molecule has 140 valence electrons. The minimum absolute atomic E-state index is 0.103. The van der Waals surface area contributed by atoms with Crippen molar-refractivity contribution in [1.82, 2.24) is 9.55 Å². The number of rotatable bonds is 8. The summed E-state index contributed by atoms with van der Waals surface area (Å²) < 4.78 is 7.22. The zero-order valence-electron chi connectivity index (χ0n) is 15.2. The first-order chi connectivity index (χ1) is 13.1. The van der Waals surface area contributed by atoms with Crippen LogP contribution in [0.3, 0.4) is 0 Å². The Labute approximate surface area is 162 Å². The number of hydrogen-bond donors (Lipinski definition) is 1. The standard InChI is InChI=1S/C21H22N2O3S/c1-3-11-23-20(25)18-9-4-5-10-19(18)22-21(23)27-14-16(24)13-26-17-8-6-7-15(2)12-17/h3-10,12,16,24H,1,11,13-14H2,2H3/t16-/m0/s1. The van der Waals surface area contributed by atoms with E-state index in [-0.39, 0.29) is 12.2 Å². The molecule has 5 nitrogen and oxygen atoms in total. The van der Waals surface area contributed by atoms with Gasteiger partial charge in [0.05, 0.1) is 17.0 Å². The maximum atomic E-state index is 12.7. The van der Waals surface area contributed by atoms with Crippen molar-refractivity contribution >= 4 is 22.7 Å². The van der Waals surface area contributed by atoms with Crippen LogP contribution in [0.4, 0.5) is 0 Å². The highest BCUT2D eigenvalue weighted by atomic mass is 32.2. The second kappa shape index (κ2) is 8.88. The lowest BCUT2D eigenvalue weighted by molar-refractivity contribution is 0.126. The van der Waals surface area contributed by atoms with Crippen molar-refractivity contribution in [3.63, 3.8) is 0 Å². The molecule has 0 bridgehead atoms. The highest BCUT2D eigenvalue weighted by Crippen LogP contribution is 2.19. The number of thioether (sulfide) groups is 1. The van der Waals surface area contributed by atoms with Gasteiger partial charge in [0.25, 0.3) is 5.56 Å². The Balaban J connectivity index is 1.71. The summed E-state index contributed by atoms with van der Waals surface area (Å²) in [6, 6.07) is 14.9. The lowest BCUT2D eigenvalue weighted by atomic mass is 10.2. The molecule has 0 unspecified atom stereocenters. The maximum Gasteiger partial charge on any atom is 0.262 e. The van der Waals surface area contributed by atoms with Gasteiger partial charge < -0.3 is 9.84 Å². The van der Waals surface area contributed by atoms with Gasteiger partial charge in [-0.05, 0) is 36.8 Å². The van der Waals surface area contributed by atoms with Gasteiger partial charge >= 0.3 is 0 Å². The Morgan fingerprint density at radius 1 is 1.30 bits per heavy atom. The van der Waals surface area contributed by atoms with Gasteiger partial charge in [0, 0.05) is 12.3 Å². The van der Waals surface area contributed by atoms with E-state index in [0.717, 1.165) is 11.3 Å². The van der Waals surface area contributed by atoms with E-state index in [4.69, 9.17) is 4.74 Å². The van der Waals surface area contributed by atoms with Crippen molar-refractivity contribution in [2.75, 3.05) is 12.4 Å². The van der Waals surface area contributed by atoms with Crippen LogP contribution in [0.1, 0.15) is 5.56 Å². The number of aliphatic hydroxyl groups is 1. The fraction of sp³-hybridized carbons (Fsp3) is 0.238. The molecule has 0 saturated carbocycles. The lowest BCUT2D eigenvalue weighted by Crippen LogP contribution is -2.24. The number of ether oxygens (including phenoxy) is 1. The van der Waals surface area contributed by atoms with Crippen LogP contribution in [-0.2, 0) is 6.54 Å². The Kier molecular flexibility index (Phi) is 6.32. The molecule has 6 heteroatoms. The summed E-state index contributed by atoms with van der Waals surface area (Å²) in [7, 11) is 0. The molecule has 0 spiro atoms. The van der Waals surface area contributed by atoms with Gasteiger partial charge in [-0.3, -0.25) is 9.36 Å². The van der Waals surface area contributed by atoms with Gasteiger partial charge in [0.1, 0.15) is 12.4 Å². The van der Waals surface area contributed by atoms with E-state index in [1.165, 1.54) is 11.8 Å². The van der Waals surface area contributed by atoms with Crippen molar-refractivity contribution in [1.29, 1.82) is 0 Å². The molecule has 0 fully saturated rings. The molecule has 0 aliphatic carbocycles. The average molecular weight is 382 g/mol. The quantitative estimate of drug-likeness (QED) is 0.367. The Bertz CT molecular complexity index is 1000. The predicted octanol–water partition coefficient (Wildman–Crippen LogP) is 3.42. The molecule has 0 aliphatic rings. The van der Waals surface area contributed by atoms with Crippen LogP contribution >= 0.6 is 11.8 Å². The van der Waals surface area contributed by atoms with Crippen LogP contribution in [0.25, 0.3) is 10.9 Å². The topological polar surface area (TPSA) is 64.3 Å². The second-order valence-electron chi connectivity index (χ2n) is 6.21. The molecule has 1 heterocycles. The van der Waals surface area contributed by atoms with Crippen LogP contribution in [0, 0.1) is 6.92 Å². The zero-order valence-corrected chi connectivity index (χ0v) is 16.0. The minimum Gasteiger partial charge on any atom is -0.491 e. The number of aryl methyl sites for hydroxylation is 1. The molecular weight excluding hydrogens is 360 g/mol. The smallest absolute Gasteiger partial charge is 0.262 e. The van der Waals surface area contributed by atoms with E-state index in [9.17, 15) is 9.90 Å². The van der Waals surface area contributed by atoms with Crippen LogP contribution in [0.5, 0.6) is 5.75 Å². The van der Waals surface area contributed by atoms with Gasteiger partial charge in [0.2, 0.25) is 0 Å². The molecular formula is C21H22N2O3S. The summed E-state index contributed by atoms with van der Waals surface area (Å²) in [5.74, 6) is 1.10. The summed E-state index contributed by atoms with van der Waals surface area (Å²) in [6.45, 7) is 6.25. The summed E-state index contributed by atoms with van der Waals surface area (Å²) in [6.07, 6.45) is 0.982. The van der Waals surface area contributed by atoms with Crippen LogP contribution in [0.15, 0.2) is 71.1 Å². The lowest BCUT2D eigenvalue weighted by Gasteiger charge is -2.14. The number of hydrogen-bond acceptors (Lipinski definition) is 5. The first-order valence-electron chi connectivity index (χ1n) is 8.69. The van der Waals surface area contributed by atoms with Crippen LogP contribution in [0.2, 0.25) is 0 Å². The molecule has 27 heavy (non-hydrogen) atoms. The molecule has 1 aromatic heterocycles. The van der Waals surface area contributed by atoms with E-state index < -0.39 is 6.10 Å². The third kappa shape index (κ3) is 4.78. The third-order valence-corrected chi connectivity index (χ3v) is 5.10. The summed E-state index contributed by atoms with van der Waals surface area (Å²) in [5, 5.41) is 11.4. The normalized spacial score (nSPS) is 12.1. The van der Waals surface area contributed by atoms with Crippen molar-refractivity contribution in [3.8, 4) is 5.75 Å². The number of aromatic nitrogens is 2. The summed E-state index contributed by atoms with van der Waals surface area (Å²) >= 11 is 1.34. The molecule has 1 atom stereocenters. The van der Waals surface area contributed by atoms with Crippen molar-refractivity contribution in [2.24, 2.45) is 0 Å². The van der Waals surface area contributed by atoms with Crippen LogP contribution in [-0.4, -0.2) is 33.1 Å². The highest BCUT2D eigenvalue weighted by molar-refractivity contribution is 7.99. The molecule has 3 rings (SSSR count). The third-order valence-electron chi connectivity index (χ3n) is 3.98. The van der Waals surface area contributed by atoms with Gasteiger partial charge in [-0.25, -0.2) is 4.98 Å². The second-order valence-corrected chi connectivity index (χ2v) is 7.20. The number of aliphatic hydroxyl groups excluding tert-OH is 1. The predicted molar refractivity (Wildman–Crippen MR) is 110 cm³/mol. The number of para-hydroxylation sites is 1. The molecule has 0 saturated heterocycles. The van der Waals surface area contributed by atoms with Gasteiger partial charge in [0.15, 0.2) is 5.16 Å². The first-order valence-corrected chi connectivity index (χ1v) is 9.68. The number of benzene rings is 2. The van der Waals surface area contributed by atoms with E-state index in [1.54, 1.807) is 16.7 Å². The van der Waals surface area contributed by atoms with E-state index in [0.29, 0.717) is 28.4 Å². The highest BCUT2D eigenvalue weighted by Gasteiger charge is 2.13. The van der Waals surface area contributed by atoms with Gasteiger partial charge in [-0.1, -0.05) is 42.1 Å². The van der Waals surface area contributed by atoms with E-state index in [2.05, 4.69) is 11.6 Å². The fourth-order valence-electron chi connectivity index (χ4n) is 2.66. The first kappa shape index (κ1) is 19.2. The van der Waals surface area contributed by atoms with E-state index in [1.807, 2.05) is 49.4 Å². The largest absolute Gasteiger partial charge is 0.491 e. The molecule has 0 amide bonds. The van der Waals surface area contributed by atoms with Crippen molar-refractivity contribution < 1.29 is 9.84 Å². The molecule has 2 aromatic carbocycles. The monoisotopic (exact) mass is 382 g/mol. The average Bonchev–Trinajstić information content (AvgIpc) is 2.67. The fourth-order valence-corrected chi connectivity index (χ4v) is 3.58. The zero-order chi connectivity index (χ0) is 19.2. The van der Waals surface area contributed by atoms with Gasteiger partial charge in [-0.15, -0.1) is 6.58 Å². The Morgan fingerprint density at radius 2 is 2.11 bits per heavy atom. The van der Waals surface area contributed by atoms with E-state index >= 15 is 0 Å². The van der Waals surface area contributed by atoms with Gasteiger partial charge in [-0.2, -0.15) is 0 Å². The number of fused-ring (bicyclic) bond motifs is 1. The summed E-state index contributed by atoms with van der Waals surface area (Å²) in [4.78, 5) is 17.3. The molecule has 1 N–H and O–H groups in total. The van der Waals surface area contributed by atoms with Crippen molar-refractivity contribution in [3.05, 3.63) is 77.1 Å². The number of allylic oxidation sites excluding steroid dienone is 1. The molecule has 3 aromatic rings. The number of nitrogens with zero attached hydrogens (tertiary/aromatic N) is 2. The Morgan fingerprint density at radius 3 is 2.89 bits per heavy atom. The van der Waals surface area contributed by atoms with Crippen LogP contribution < -0.4 is 10.3 Å². The maximum absolute atomic E-state index is 12.7. The summed E-state index contributed by atoms with van der Waals surface area (Å²) in [5.41, 5.74) is 1.65.